The number of aryl methyl sites for hydroxylation is 2. The van der Waals surface area contributed by atoms with Crippen molar-refractivity contribution >= 4 is 21.8 Å². The van der Waals surface area contributed by atoms with Gasteiger partial charge in [-0.1, -0.05) is 37.1 Å². The predicted molar refractivity (Wildman–Crippen MR) is 147 cm³/mol. The van der Waals surface area contributed by atoms with Gasteiger partial charge in [0.15, 0.2) is 0 Å². The van der Waals surface area contributed by atoms with Gasteiger partial charge in [-0.25, -0.2) is 8.42 Å². The van der Waals surface area contributed by atoms with Crippen LogP contribution in [-0.4, -0.2) is 69.8 Å². The summed E-state index contributed by atoms with van der Waals surface area (Å²) in [6.45, 7) is 4.01. The Bertz CT molecular complexity index is 1200. The minimum Gasteiger partial charge on any atom is -0.497 e. The second kappa shape index (κ2) is 13.2. The third-order valence-corrected chi connectivity index (χ3v) is 9.07. The van der Waals surface area contributed by atoms with Crippen molar-refractivity contribution in [1.82, 2.24) is 19.8 Å². The number of nitrogens with one attached hydrogen (secondary N) is 2. The van der Waals surface area contributed by atoms with Crippen molar-refractivity contribution in [3.63, 3.8) is 0 Å². The first kappa shape index (κ1) is 29.6. The number of hydrogen-bond acceptors (Lipinski definition) is 6. The highest BCUT2D eigenvalue weighted by atomic mass is 32.2. The molecule has 38 heavy (non-hydrogen) atoms. The van der Waals surface area contributed by atoms with E-state index >= 15 is 0 Å². The topological polar surface area (TPSA) is 108 Å². The first-order valence-electron chi connectivity index (χ1n) is 12.9. The van der Waals surface area contributed by atoms with Crippen LogP contribution >= 0.6 is 0 Å². The summed E-state index contributed by atoms with van der Waals surface area (Å²) in [7, 11) is 0.628. The van der Waals surface area contributed by atoms with Gasteiger partial charge in [0, 0.05) is 33.2 Å². The fraction of sp³-hybridized carbons (Fsp3) is 0.500. The molecule has 0 saturated heterocycles. The van der Waals surface area contributed by atoms with Crippen molar-refractivity contribution in [3.8, 4) is 5.75 Å². The second-order valence-electron chi connectivity index (χ2n) is 10.1. The van der Waals surface area contributed by atoms with E-state index in [1.165, 1.54) is 50.3 Å². The van der Waals surface area contributed by atoms with Crippen LogP contribution in [0.3, 0.4) is 0 Å². The Morgan fingerprint density at radius 1 is 1.00 bits per heavy atom. The molecule has 0 spiro atoms. The molecular formula is C28H40N4O5S. The quantitative estimate of drug-likeness (QED) is 0.426. The Labute approximate surface area is 226 Å². The standard InChI is InChI=1S/C28H40N4O5S/c1-20-14-25(37-5)15-21(2)28(20)38(35,36)32(4)19-26(33)30-17-27(34)31(3)18-23-12-10-22(11-13-23)16-29-24-8-6-7-9-24/h10-15,24,29H,6-9,16-19H2,1-5H3,(H,30,33). The largest absolute Gasteiger partial charge is 0.497 e. The van der Waals surface area contributed by atoms with Crippen molar-refractivity contribution in [2.45, 2.75) is 63.6 Å². The molecule has 0 heterocycles. The van der Waals surface area contributed by atoms with E-state index in [1.807, 2.05) is 12.1 Å². The Morgan fingerprint density at radius 2 is 1.58 bits per heavy atom. The lowest BCUT2D eigenvalue weighted by Gasteiger charge is -2.21. The van der Waals surface area contributed by atoms with Gasteiger partial charge >= 0.3 is 0 Å². The second-order valence-corrected chi connectivity index (χ2v) is 12.0. The van der Waals surface area contributed by atoms with Crippen LogP contribution in [0.2, 0.25) is 0 Å². The van der Waals surface area contributed by atoms with Gasteiger partial charge in [0.2, 0.25) is 21.8 Å². The number of nitrogens with zero attached hydrogens (tertiary/aromatic N) is 2. The van der Waals surface area contributed by atoms with Gasteiger partial charge in [0.1, 0.15) is 5.75 Å². The molecule has 2 aromatic rings. The zero-order chi connectivity index (χ0) is 27.9. The Hall–Kier alpha value is -2.95. The minimum atomic E-state index is -3.91. The van der Waals surface area contributed by atoms with Crippen LogP contribution in [-0.2, 0) is 32.7 Å². The maximum Gasteiger partial charge on any atom is 0.243 e. The Kier molecular flexibility index (Phi) is 10.3. The number of hydrogen-bond donors (Lipinski definition) is 2. The van der Waals surface area contributed by atoms with Crippen LogP contribution in [0.5, 0.6) is 5.75 Å². The van der Waals surface area contributed by atoms with E-state index in [-0.39, 0.29) is 17.3 Å². The molecule has 0 aliphatic heterocycles. The molecule has 0 radical (unpaired) electrons. The molecule has 0 aromatic heterocycles. The summed E-state index contributed by atoms with van der Waals surface area (Å²) in [5.74, 6) is -0.257. The first-order valence-corrected chi connectivity index (χ1v) is 14.4. The van der Waals surface area contributed by atoms with Crippen molar-refractivity contribution < 1.29 is 22.7 Å². The van der Waals surface area contributed by atoms with Gasteiger partial charge in [0.05, 0.1) is 25.1 Å². The lowest BCUT2D eigenvalue weighted by molar-refractivity contribution is -0.132. The molecule has 2 aromatic carbocycles. The summed E-state index contributed by atoms with van der Waals surface area (Å²) in [4.78, 5) is 26.7. The highest BCUT2D eigenvalue weighted by molar-refractivity contribution is 7.89. The minimum absolute atomic E-state index is 0.143. The average molecular weight is 545 g/mol. The predicted octanol–water partition coefficient (Wildman–Crippen LogP) is 2.74. The average Bonchev–Trinajstić information content (AvgIpc) is 3.40. The van der Waals surface area contributed by atoms with E-state index < -0.39 is 22.5 Å². The maximum atomic E-state index is 13.1. The zero-order valence-corrected chi connectivity index (χ0v) is 23.9. The zero-order valence-electron chi connectivity index (χ0n) is 23.0. The summed E-state index contributed by atoms with van der Waals surface area (Å²) >= 11 is 0. The number of carbonyl (C=O) groups is 2. The van der Waals surface area contributed by atoms with Crippen LogP contribution in [0.4, 0.5) is 0 Å². The third kappa shape index (κ3) is 7.78. The van der Waals surface area contributed by atoms with E-state index in [0.717, 1.165) is 16.4 Å². The third-order valence-electron chi connectivity index (χ3n) is 6.96. The lowest BCUT2D eigenvalue weighted by atomic mass is 10.1. The number of ether oxygens (including phenoxy) is 1. The van der Waals surface area contributed by atoms with E-state index in [0.29, 0.717) is 29.5 Å². The van der Waals surface area contributed by atoms with Crippen LogP contribution in [0.1, 0.15) is 47.9 Å². The molecule has 1 aliphatic rings. The van der Waals surface area contributed by atoms with Crippen LogP contribution in [0.15, 0.2) is 41.3 Å². The number of carbonyl (C=O) groups excluding carboxylic acids is 2. The molecule has 3 rings (SSSR count). The van der Waals surface area contributed by atoms with Gasteiger partial charge in [-0.3, -0.25) is 9.59 Å². The van der Waals surface area contributed by atoms with Gasteiger partial charge in [-0.15, -0.1) is 0 Å². The molecule has 0 atom stereocenters. The normalized spacial score (nSPS) is 14.1. The molecular weight excluding hydrogens is 504 g/mol. The number of likely N-dealkylation sites (N-methyl/N-ethyl adjacent to an activating group) is 2. The van der Waals surface area contributed by atoms with Gasteiger partial charge in [-0.05, 0) is 61.1 Å². The molecule has 9 nitrogen and oxygen atoms in total. The number of methoxy groups -OCH3 is 1. The molecule has 10 heteroatoms. The number of sulfonamides is 1. The molecule has 2 N–H and O–H groups in total. The monoisotopic (exact) mass is 544 g/mol. The summed E-state index contributed by atoms with van der Waals surface area (Å²) in [5, 5.41) is 6.13. The van der Waals surface area contributed by atoms with E-state index in [2.05, 4.69) is 22.8 Å². The number of amides is 2. The van der Waals surface area contributed by atoms with Crippen molar-refractivity contribution in [2.24, 2.45) is 0 Å². The summed E-state index contributed by atoms with van der Waals surface area (Å²) < 4.78 is 32.4. The van der Waals surface area contributed by atoms with E-state index in [1.54, 1.807) is 33.0 Å². The van der Waals surface area contributed by atoms with E-state index in [9.17, 15) is 18.0 Å². The summed E-state index contributed by atoms with van der Waals surface area (Å²) in [5.41, 5.74) is 3.27. The Morgan fingerprint density at radius 3 is 2.16 bits per heavy atom. The Balaban J connectivity index is 1.47. The highest BCUT2D eigenvalue weighted by Gasteiger charge is 2.27. The van der Waals surface area contributed by atoms with Gasteiger partial charge < -0.3 is 20.3 Å². The van der Waals surface area contributed by atoms with Crippen LogP contribution in [0, 0.1) is 13.8 Å². The van der Waals surface area contributed by atoms with Crippen molar-refractivity contribution in [3.05, 3.63) is 58.7 Å². The summed E-state index contributed by atoms with van der Waals surface area (Å²) in [6.07, 6.45) is 5.10. The van der Waals surface area contributed by atoms with Crippen LogP contribution < -0.4 is 15.4 Å². The van der Waals surface area contributed by atoms with Gasteiger partial charge in [0.25, 0.3) is 0 Å². The fourth-order valence-electron chi connectivity index (χ4n) is 4.76. The molecule has 1 saturated carbocycles. The first-order chi connectivity index (χ1) is 18.0. The molecule has 0 unspecified atom stereocenters. The van der Waals surface area contributed by atoms with Crippen molar-refractivity contribution in [2.75, 3.05) is 34.3 Å². The molecule has 2 amide bonds. The van der Waals surface area contributed by atoms with Gasteiger partial charge in [-0.2, -0.15) is 4.31 Å². The lowest BCUT2D eigenvalue weighted by Crippen LogP contribution is -2.43. The highest BCUT2D eigenvalue weighted by Crippen LogP contribution is 2.27. The molecule has 1 fully saturated rings. The van der Waals surface area contributed by atoms with Crippen LogP contribution in [0.25, 0.3) is 0 Å². The van der Waals surface area contributed by atoms with E-state index in [4.69, 9.17) is 4.74 Å². The molecule has 0 bridgehead atoms. The smallest absolute Gasteiger partial charge is 0.243 e. The molecule has 1 aliphatic carbocycles. The number of benzene rings is 2. The fourth-order valence-corrected chi connectivity index (χ4v) is 6.29. The summed E-state index contributed by atoms with van der Waals surface area (Å²) in [6, 6.07) is 12.1. The molecule has 208 valence electrons. The maximum absolute atomic E-state index is 13.1. The SMILES string of the molecule is COc1cc(C)c(S(=O)(=O)N(C)CC(=O)NCC(=O)N(C)Cc2ccc(CNC3CCCC3)cc2)c(C)c1. The number of rotatable bonds is 12. The van der Waals surface area contributed by atoms with Crippen molar-refractivity contribution in [1.29, 1.82) is 0 Å².